The topological polar surface area (TPSA) is 92.3 Å². The summed E-state index contributed by atoms with van der Waals surface area (Å²) >= 11 is 0. The number of hydrogen-bond donors (Lipinski definition) is 1. The Morgan fingerprint density at radius 3 is 2.55 bits per heavy atom. The molecule has 3 heterocycles. The molecule has 5 aromatic rings. The fraction of sp³-hybridized carbons (Fsp3) is 0.115. The standard InChI is InChI=1S/C26H21N7/c1-16-9-18(3)25-21(10-16)17(2)11-24(32-25)33-26(20(13-27)14-30-33)31-23-12-22(28-15-29-23)19-7-5-4-6-8-19/h4-12,14-15H,1-3H3,(H,28,29,31). The van der Waals surface area contributed by atoms with Gasteiger partial charge in [-0.3, -0.25) is 0 Å². The maximum Gasteiger partial charge on any atom is 0.156 e. The Bertz CT molecular complexity index is 1530. The first-order chi connectivity index (χ1) is 16.0. The molecule has 0 aliphatic heterocycles. The number of nitrogens with zero attached hydrogens (tertiary/aromatic N) is 6. The van der Waals surface area contributed by atoms with Crippen molar-refractivity contribution in [2.75, 3.05) is 5.32 Å². The molecule has 7 nitrogen and oxygen atoms in total. The number of aryl methyl sites for hydroxylation is 3. The van der Waals surface area contributed by atoms with Crippen LogP contribution in [0.2, 0.25) is 0 Å². The highest BCUT2D eigenvalue weighted by Gasteiger charge is 2.16. The van der Waals surface area contributed by atoms with Crippen LogP contribution in [0, 0.1) is 32.1 Å². The van der Waals surface area contributed by atoms with E-state index >= 15 is 0 Å². The molecule has 0 bridgehead atoms. The summed E-state index contributed by atoms with van der Waals surface area (Å²) in [6.45, 7) is 6.20. The van der Waals surface area contributed by atoms with Crippen LogP contribution in [-0.4, -0.2) is 24.7 Å². The molecule has 160 valence electrons. The number of hydrogen-bond acceptors (Lipinski definition) is 6. The zero-order chi connectivity index (χ0) is 22.9. The summed E-state index contributed by atoms with van der Waals surface area (Å²) in [7, 11) is 0. The van der Waals surface area contributed by atoms with E-state index in [1.54, 1.807) is 4.68 Å². The molecule has 5 rings (SSSR count). The molecule has 0 spiro atoms. The SMILES string of the molecule is Cc1cc(C)c2nc(-n3ncc(C#N)c3Nc3cc(-c4ccccc4)ncn3)cc(C)c2c1. The molecule has 3 aromatic heterocycles. The van der Waals surface area contributed by atoms with Crippen molar-refractivity contribution in [3.63, 3.8) is 0 Å². The van der Waals surface area contributed by atoms with Crippen molar-refractivity contribution in [3.8, 4) is 23.1 Å². The Kier molecular flexibility index (Phi) is 5.04. The minimum atomic E-state index is 0.398. The van der Waals surface area contributed by atoms with Gasteiger partial charge in [-0.15, -0.1) is 0 Å². The Hall–Kier alpha value is -4.57. The average molecular weight is 432 g/mol. The summed E-state index contributed by atoms with van der Waals surface area (Å²) in [6.07, 6.45) is 3.03. The number of pyridine rings is 1. The number of rotatable bonds is 4. The summed E-state index contributed by atoms with van der Waals surface area (Å²) in [6, 6.07) is 20.2. The number of aromatic nitrogens is 5. The third-order valence-electron chi connectivity index (χ3n) is 5.53. The van der Waals surface area contributed by atoms with E-state index in [2.05, 4.69) is 59.4 Å². The molecule has 0 radical (unpaired) electrons. The predicted octanol–water partition coefficient (Wildman–Crippen LogP) is 5.42. The largest absolute Gasteiger partial charge is 0.324 e. The monoisotopic (exact) mass is 431 g/mol. The van der Waals surface area contributed by atoms with Crippen LogP contribution in [0.4, 0.5) is 11.6 Å². The Morgan fingerprint density at radius 2 is 1.76 bits per heavy atom. The molecule has 0 aliphatic carbocycles. The number of fused-ring (bicyclic) bond motifs is 1. The Labute approximate surface area is 191 Å². The molecular weight excluding hydrogens is 410 g/mol. The average Bonchev–Trinajstić information content (AvgIpc) is 3.23. The minimum absolute atomic E-state index is 0.398. The van der Waals surface area contributed by atoms with E-state index in [4.69, 9.17) is 4.98 Å². The van der Waals surface area contributed by atoms with Crippen molar-refractivity contribution < 1.29 is 0 Å². The van der Waals surface area contributed by atoms with Crippen LogP contribution >= 0.6 is 0 Å². The summed E-state index contributed by atoms with van der Waals surface area (Å²) in [5.74, 6) is 1.70. The van der Waals surface area contributed by atoms with Gasteiger partial charge in [-0.1, -0.05) is 42.0 Å². The van der Waals surface area contributed by atoms with Crippen molar-refractivity contribution in [2.45, 2.75) is 20.8 Å². The van der Waals surface area contributed by atoms with Gasteiger partial charge in [0.2, 0.25) is 0 Å². The van der Waals surface area contributed by atoms with Crippen LogP contribution in [0.5, 0.6) is 0 Å². The van der Waals surface area contributed by atoms with Crippen LogP contribution in [0.15, 0.2) is 67.1 Å². The maximum atomic E-state index is 9.69. The van der Waals surface area contributed by atoms with E-state index < -0.39 is 0 Å². The van der Waals surface area contributed by atoms with Crippen molar-refractivity contribution in [1.29, 1.82) is 5.26 Å². The first-order valence-electron chi connectivity index (χ1n) is 10.5. The first-order valence-corrected chi connectivity index (χ1v) is 10.5. The van der Waals surface area contributed by atoms with Crippen LogP contribution < -0.4 is 5.32 Å². The molecule has 7 heteroatoms. The van der Waals surface area contributed by atoms with E-state index in [-0.39, 0.29) is 0 Å². The molecule has 0 aliphatic rings. The number of nitrogens with one attached hydrogen (secondary N) is 1. The van der Waals surface area contributed by atoms with Gasteiger partial charge in [0.25, 0.3) is 0 Å². The van der Waals surface area contributed by atoms with Gasteiger partial charge in [-0.2, -0.15) is 15.0 Å². The molecule has 0 saturated carbocycles. The van der Waals surface area contributed by atoms with Gasteiger partial charge in [-0.25, -0.2) is 15.0 Å². The maximum absolute atomic E-state index is 9.69. The predicted molar refractivity (Wildman–Crippen MR) is 129 cm³/mol. The lowest BCUT2D eigenvalue weighted by molar-refractivity contribution is 0.857. The second-order valence-electron chi connectivity index (χ2n) is 7.99. The van der Waals surface area contributed by atoms with Crippen molar-refractivity contribution >= 4 is 22.5 Å². The molecule has 2 aromatic carbocycles. The van der Waals surface area contributed by atoms with Crippen molar-refractivity contribution in [1.82, 2.24) is 24.7 Å². The number of anilines is 2. The summed E-state index contributed by atoms with van der Waals surface area (Å²) < 4.78 is 1.65. The van der Waals surface area contributed by atoms with Gasteiger partial charge < -0.3 is 5.32 Å². The quantitative estimate of drug-likeness (QED) is 0.409. The smallest absolute Gasteiger partial charge is 0.156 e. The van der Waals surface area contributed by atoms with Crippen LogP contribution in [0.25, 0.3) is 28.0 Å². The van der Waals surface area contributed by atoms with E-state index in [0.29, 0.717) is 23.0 Å². The summed E-state index contributed by atoms with van der Waals surface area (Å²) in [5.41, 5.74) is 6.47. The lowest BCUT2D eigenvalue weighted by atomic mass is 10.0. The van der Waals surface area contributed by atoms with E-state index in [1.165, 1.54) is 18.1 Å². The lowest BCUT2D eigenvalue weighted by Crippen LogP contribution is -2.07. The highest BCUT2D eigenvalue weighted by Crippen LogP contribution is 2.28. The molecule has 0 unspecified atom stereocenters. The molecule has 0 amide bonds. The van der Waals surface area contributed by atoms with Crippen LogP contribution in [0.1, 0.15) is 22.3 Å². The number of nitriles is 1. The molecule has 0 saturated heterocycles. The zero-order valence-corrected chi connectivity index (χ0v) is 18.5. The van der Waals surface area contributed by atoms with Gasteiger partial charge in [0.1, 0.15) is 23.8 Å². The second kappa shape index (κ2) is 8.17. The molecule has 1 N–H and O–H groups in total. The highest BCUT2D eigenvalue weighted by molar-refractivity contribution is 5.86. The first kappa shape index (κ1) is 20.3. The molecule has 0 atom stereocenters. The van der Waals surface area contributed by atoms with E-state index in [1.807, 2.05) is 42.5 Å². The fourth-order valence-corrected chi connectivity index (χ4v) is 3.97. The highest BCUT2D eigenvalue weighted by atomic mass is 15.4. The minimum Gasteiger partial charge on any atom is -0.324 e. The second-order valence-corrected chi connectivity index (χ2v) is 7.99. The third-order valence-corrected chi connectivity index (χ3v) is 5.53. The van der Waals surface area contributed by atoms with E-state index in [0.717, 1.165) is 33.3 Å². The molecule has 0 fully saturated rings. The fourth-order valence-electron chi connectivity index (χ4n) is 3.97. The van der Waals surface area contributed by atoms with Gasteiger partial charge in [0, 0.05) is 17.0 Å². The van der Waals surface area contributed by atoms with Crippen LogP contribution in [0.3, 0.4) is 0 Å². The number of benzene rings is 2. The van der Waals surface area contributed by atoms with Crippen LogP contribution in [-0.2, 0) is 0 Å². The zero-order valence-electron chi connectivity index (χ0n) is 18.5. The Balaban J connectivity index is 1.60. The van der Waals surface area contributed by atoms with Crippen molar-refractivity contribution in [3.05, 3.63) is 89.4 Å². The normalized spacial score (nSPS) is 10.8. The van der Waals surface area contributed by atoms with Gasteiger partial charge in [-0.05, 0) is 44.0 Å². The van der Waals surface area contributed by atoms with Gasteiger partial charge in [0.15, 0.2) is 11.6 Å². The van der Waals surface area contributed by atoms with Crippen molar-refractivity contribution in [2.24, 2.45) is 0 Å². The molecular formula is C26H21N7. The third kappa shape index (κ3) is 3.79. The molecule has 33 heavy (non-hydrogen) atoms. The van der Waals surface area contributed by atoms with Gasteiger partial charge >= 0.3 is 0 Å². The Morgan fingerprint density at radius 1 is 0.939 bits per heavy atom. The lowest BCUT2D eigenvalue weighted by Gasteiger charge is -2.13. The van der Waals surface area contributed by atoms with Gasteiger partial charge in [0.05, 0.1) is 17.4 Å². The van der Waals surface area contributed by atoms with E-state index in [9.17, 15) is 5.26 Å². The summed E-state index contributed by atoms with van der Waals surface area (Å²) in [5, 5.41) is 18.5. The summed E-state index contributed by atoms with van der Waals surface area (Å²) in [4.78, 5) is 13.6.